The summed E-state index contributed by atoms with van der Waals surface area (Å²) >= 11 is 4.14. The molecule has 2 aromatic heterocycles. The van der Waals surface area contributed by atoms with Crippen LogP contribution in [-0.2, 0) is 6.18 Å². The lowest BCUT2D eigenvalue weighted by molar-refractivity contribution is -0.137. The summed E-state index contributed by atoms with van der Waals surface area (Å²) < 4.78 is 44.1. The molecule has 0 aliphatic heterocycles. The van der Waals surface area contributed by atoms with Crippen LogP contribution >= 0.6 is 12.8 Å². The van der Waals surface area contributed by atoms with Crippen LogP contribution in [0, 0.1) is 0 Å². The summed E-state index contributed by atoms with van der Waals surface area (Å²) in [7, 11) is 1.43. The molecule has 0 radical (unpaired) electrons. The third-order valence-corrected chi connectivity index (χ3v) is 5.13. The highest BCUT2D eigenvalue weighted by Gasteiger charge is 2.30. The summed E-state index contributed by atoms with van der Waals surface area (Å²) in [5.74, 6) is 0.313. The molecule has 0 unspecified atom stereocenters. The Hall–Kier alpha value is -4.06. The molecule has 34 heavy (non-hydrogen) atoms. The van der Waals surface area contributed by atoms with Gasteiger partial charge in [-0.15, -0.1) is 0 Å². The van der Waals surface area contributed by atoms with Gasteiger partial charge in [0, 0.05) is 11.3 Å². The van der Waals surface area contributed by atoms with Gasteiger partial charge in [-0.1, -0.05) is 12.8 Å². The fourth-order valence-corrected chi connectivity index (χ4v) is 3.16. The molecule has 0 aliphatic rings. The molecule has 2 heterocycles. The van der Waals surface area contributed by atoms with E-state index in [1.807, 2.05) is 0 Å². The Bertz CT molecular complexity index is 1370. The summed E-state index contributed by atoms with van der Waals surface area (Å²) in [6.45, 7) is 0. The number of carbonyl (C=O) groups excluding carboxylic acids is 1. The number of hydrogen-bond donors (Lipinski definition) is 3. The van der Waals surface area contributed by atoms with E-state index in [1.54, 1.807) is 24.3 Å². The maximum atomic E-state index is 12.7. The molecule has 0 bridgehead atoms. The first kappa shape index (κ1) is 23.1. The van der Waals surface area contributed by atoms with Crippen LogP contribution < -0.4 is 14.4 Å². The number of rotatable bonds is 4. The van der Waals surface area contributed by atoms with Crippen LogP contribution in [0.5, 0.6) is 11.5 Å². The number of ether oxygens (including phenoxy) is 1. The molecule has 8 nitrogen and oxygen atoms in total. The number of amides is 2. The third-order valence-electron chi connectivity index (χ3n) is 4.74. The summed E-state index contributed by atoms with van der Waals surface area (Å²) in [6.07, 6.45) is -3.16. The molecule has 174 valence electrons. The predicted octanol–water partition coefficient (Wildman–Crippen LogP) is 5.31. The van der Waals surface area contributed by atoms with Crippen LogP contribution in [0.15, 0.2) is 60.8 Å². The maximum absolute atomic E-state index is 12.7. The number of aromatic nitrogens is 3. The van der Waals surface area contributed by atoms with E-state index in [0.29, 0.717) is 16.8 Å². The number of thiol groups is 1. The Morgan fingerprint density at radius 1 is 1.09 bits per heavy atom. The minimum Gasteiger partial charge on any atom is -0.504 e. The Morgan fingerprint density at radius 3 is 2.50 bits per heavy atom. The average Bonchev–Trinajstić information content (AvgIpc) is 2.83. The molecular formula is C22H16F3N5O3S. The largest absolute Gasteiger partial charge is 0.504 e. The summed E-state index contributed by atoms with van der Waals surface area (Å²) in [5.41, 5.74) is 1.18. The topological polar surface area (TPSA) is 100 Å². The van der Waals surface area contributed by atoms with Crippen molar-refractivity contribution >= 4 is 41.5 Å². The Labute approximate surface area is 196 Å². The van der Waals surface area contributed by atoms with Crippen molar-refractivity contribution in [1.29, 1.82) is 0 Å². The number of alkyl halides is 3. The third kappa shape index (κ3) is 4.81. The molecule has 12 heteroatoms. The fraction of sp³-hybridized carbons (Fsp3) is 0.0909. The molecular weight excluding hydrogens is 471 g/mol. The van der Waals surface area contributed by atoms with E-state index >= 15 is 0 Å². The number of pyridine rings is 1. The van der Waals surface area contributed by atoms with E-state index in [0.717, 1.165) is 28.6 Å². The van der Waals surface area contributed by atoms with Crippen molar-refractivity contribution < 1.29 is 27.8 Å². The second-order valence-corrected chi connectivity index (χ2v) is 7.37. The molecule has 0 spiro atoms. The van der Waals surface area contributed by atoms with Gasteiger partial charge in [0.2, 0.25) is 0 Å². The van der Waals surface area contributed by atoms with Crippen LogP contribution in [0.2, 0.25) is 0 Å². The van der Waals surface area contributed by atoms with Crippen LogP contribution in [0.3, 0.4) is 0 Å². The predicted molar refractivity (Wildman–Crippen MR) is 123 cm³/mol. The number of anilines is 2. The molecule has 4 aromatic rings. The summed E-state index contributed by atoms with van der Waals surface area (Å²) in [6, 6.07) is 11.4. The van der Waals surface area contributed by atoms with Gasteiger partial charge < -0.3 is 15.2 Å². The number of halogens is 3. The van der Waals surface area contributed by atoms with Gasteiger partial charge >= 0.3 is 12.2 Å². The lowest BCUT2D eigenvalue weighted by atomic mass is 10.1. The number of nitrogens with one attached hydrogen (secondary N) is 1. The van der Waals surface area contributed by atoms with E-state index in [2.05, 4.69) is 33.1 Å². The molecule has 4 rings (SSSR count). The summed E-state index contributed by atoms with van der Waals surface area (Å²) in [5, 5.41) is 12.2. The van der Waals surface area contributed by atoms with Crippen LogP contribution in [0.1, 0.15) is 5.56 Å². The number of methoxy groups -OCH3 is 1. The first-order valence-electron chi connectivity index (χ1n) is 9.64. The summed E-state index contributed by atoms with van der Waals surface area (Å²) in [4.78, 5) is 25.5. The van der Waals surface area contributed by atoms with Crippen molar-refractivity contribution in [1.82, 2.24) is 15.0 Å². The molecule has 0 fully saturated rings. The van der Waals surface area contributed by atoms with Crippen LogP contribution in [0.25, 0.3) is 22.4 Å². The first-order valence-corrected chi connectivity index (χ1v) is 10.0. The van der Waals surface area contributed by atoms with Gasteiger partial charge in [0.15, 0.2) is 23.0 Å². The number of fused-ring (bicyclic) bond motifs is 1. The standard InChI is InChI=1S/C22H16F3N5O3S/c1-33-18-10-12(2-9-17(18)31)15-7-8-16-20(28-15)29-19(11-26-16)30(34)21(32)27-14-5-3-13(4-6-14)22(23,24)25/h2-11,31,34H,1H3,(H,27,32). The highest BCUT2D eigenvalue weighted by molar-refractivity contribution is 7.82. The Morgan fingerprint density at radius 2 is 1.82 bits per heavy atom. The second kappa shape index (κ2) is 9.06. The lowest BCUT2D eigenvalue weighted by Gasteiger charge is -2.16. The molecule has 2 amide bonds. The van der Waals surface area contributed by atoms with Gasteiger partial charge in [0.25, 0.3) is 0 Å². The zero-order valence-corrected chi connectivity index (χ0v) is 18.3. The van der Waals surface area contributed by atoms with Gasteiger partial charge in [-0.25, -0.2) is 24.1 Å². The molecule has 0 aliphatic carbocycles. The quantitative estimate of drug-likeness (QED) is 0.338. The van der Waals surface area contributed by atoms with Crippen molar-refractivity contribution in [3.8, 4) is 22.8 Å². The van der Waals surface area contributed by atoms with E-state index in [1.165, 1.54) is 19.4 Å². The van der Waals surface area contributed by atoms with E-state index in [9.17, 15) is 23.1 Å². The lowest BCUT2D eigenvalue weighted by Crippen LogP contribution is -2.27. The second-order valence-electron chi connectivity index (χ2n) is 6.97. The number of nitrogens with zero attached hydrogens (tertiary/aromatic N) is 4. The minimum atomic E-state index is -4.48. The monoisotopic (exact) mass is 487 g/mol. The highest BCUT2D eigenvalue weighted by atomic mass is 32.1. The van der Waals surface area contributed by atoms with E-state index < -0.39 is 17.8 Å². The van der Waals surface area contributed by atoms with Gasteiger partial charge in [-0.2, -0.15) is 13.2 Å². The number of phenolic OH excluding ortho intramolecular Hbond substituents is 1. The molecule has 0 atom stereocenters. The molecule has 2 N–H and O–H groups in total. The van der Waals surface area contributed by atoms with E-state index in [4.69, 9.17) is 4.74 Å². The SMILES string of the molecule is COc1cc(-c2ccc3ncc(N(S)C(=O)Nc4ccc(C(F)(F)F)cc4)nc3n2)ccc1O. The number of carbonyl (C=O) groups is 1. The number of benzene rings is 2. The highest BCUT2D eigenvalue weighted by Crippen LogP contribution is 2.32. The van der Waals surface area contributed by atoms with Gasteiger partial charge in [-0.05, 0) is 54.6 Å². The van der Waals surface area contributed by atoms with Crippen molar-refractivity contribution in [2.45, 2.75) is 6.18 Å². The van der Waals surface area contributed by atoms with Gasteiger partial charge in [0.1, 0.15) is 5.52 Å². The first-order chi connectivity index (χ1) is 16.2. The van der Waals surface area contributed by atoms with Crippen molar-refractivity contribution in [2.24, 2.45) is 0 Å². The van der Waals surface area contributed by atoms with Gasteiger partial charge in [0.05, 0.1) is 24.6 Å². The average molecular weight is 487 g/mol. The van der Waals surface area contributed by atoms with Gasteiger partial charge in [-0.3, -0.25) is 0 Å². The minimum absolute atomic E-state index is 0.0149. The van der Waals surface area contributed by atoms with Crippen LogP contribution in [0.4, 0.5) is 29.5 Å². The Balaban J connectivity index is 1.57. The fourth-order valence-electron chi connectivity index (χ4n) is 3.01. The van der Waals surface area contributed by atoms with Crippen molar-refractivity contribution in [3.63, 3.8) is 0 Å². The van der Waals surface area contributed by atoms with Crippen molar-refractivity contribution in [3.05, 3.63) is 66.4 Å². The normalized spacial score (nSPS) is 11.3. The molecule has 0 saturated carbocycles. The number of phenols is 1. The van der Waals surface area contributed by atoms with Crippen LogP contribution in [-0.4, -0.2) is 33.2 Å². The number of urea groups is 1. The maximum Gasteiger partial charge on any atom is 0.416 e. The molecule has 0 saturated heterocycles. The number of aromatic hydroxyl groups is 1. The van der Waals surface area contributed by atoms with E-state index in [-0.39, 0.29) is 28.7 Å². The smallest absolute Gasteiger partial charge is 0.416 e. The number of hydrogen-bond acceptors (Lipinski definition) is 7. The molecule has 2 aromatic carbocycles. The Kier molecular flexibility index (Phi) is 6.16. The zero-order chi connectivity index (χ0) is 24.5. The zero-order valence-electron chi connectivity index (χ0n) is 17.4. The van der Waals surface area contributed by atoms with Crippen molar-refractivity contribution in [2.75, 3.05) is 16.7 Å².